The molecule has 0 heterocycles. The van der Waals surface area contributed by atoms with Crippen LogP contribution in [-0.4, -0.2) is 15.4 Å². The summed E-state index contributed by atoms with van der Waals surface area (Å²) in [4.78, 5) is 0. The standard InChI is InChI=1S/C12H26OSi/c1-4-12(3,5-2)13-14-11-9-7-6-8-10-11/h11H,4-10,14H2,1-3H3. The lowest BCUT2D eigenvalue weighted by molar-refractivity contribution is 0.0817. The van der Waals surface area contributed by atoms with Gasteiger partial charge in [-0.15, -0.1) is 0 Å². The van der Waals surface area contributed by atoms with Crippen LogP contribution < -0.4 is 0 Å². The van der Waals surface area contributed by atoms with Crippen molar-refractivity contribution in [2.24, 2.45) is 0 Å². The molecule has 0 aromatic carbocycles. The van der Waals surface area contributed by atoms with E-state index in [9.17, 15) is 0 Å². The fourth-order valence-electron chi connectivity index (χ4n) is 2.13. The monoisotopic (exact) mass is 214 g/mol. The molecule has 1 fully saturated rings. The average molecular weight is 214 g/mol. The second-order valence-corrected chi connectivity index (χ2v) is 6.75. The molecule has 0 radical (unpaired) electrons. The van der Waals surface area contributed by atoms with Crippen LogP contribution >= 0.6 is 0 Å². The molecule has 0 amide bonds. The summed E-state index contributed by atoms with van der Waals surface area (Å²) in [7, 11) is -0.261. The van der Waals surface area contributed by atoms with Gasteiger partial charge in [-0.05, 0) is 25.3 Å². The van der Waals surface area contributed by atoms with Crippen molar-refractivity contribution in [1.29, 1.82) is 0 Å². The summed E-state index contributed by atoms with van der Waals surface area (Å²) in [5.74, 6) is 0. The van der Waals surface area contributed by atoms with Crippen LogP contribution in [0.1, 0.15) is 65.7 Å². The van der Waals surface area contributed by atoms with Gasteiger partial charge in [0.2, 0.25) is 0 Å². The summed E-state index contributed by atoms with van der Waals surface area (Å²) in [6.45, 7) is 6.78. The fourth-order valence-corrected chi connectivity index (χ4v) is 4.08. The van der Waals surface area contributed by atoms with Crippen LogP contribution in [0, 0.1) is 0 Å². The van der Waals surface area contributed by atoms with Gasteiger partial charge in [-0.25, -0.2) is 0 Å². The van der Waals surface area contributed by atoms with Crippen molar-refractivity contribution in [3.63, 3.8) is 0 Å². The average Bonchev–Trinajstić information content (AvgIpc) is 2.27. The number of rotatable bonds is 5. The maximum absolute atomic E-state index is 6.21. The highest BCUT2D eigenvalue weighted by Gasteiger charge is 2.22. The van der Waals surface area contributed by atoms with E-state index in [2.05, 4.69) is 20.8 Å². The van der Waals surface area contributed by atoms with Gasteiger partial charge >= 0.3 is 0 Å². The third kappa shape index (κ3) is 3.74. The van der Waals surface area contributed by atoms with Crippen molar-refractivity contribution in [2.45, 2.75) is 76.9 Å². The minimum atomic E-state index is -0.261. The second-order valence-electron chi connectivity index (χ2n) is 4.97. The van der Waals surface area contributed by atoms with Gasteiger partial charge in [0.1, 0.15) is 0 Å². The maximum Gasteiger partial charge on any atom is 0.165 e. The van der Waals surface area contributed by atoms with E-state index in [1.54, 1.807) is 0 Å². The molecule has 14 heavy (non-hydrogen) atoms. The third-order valence-corrected chi connectivity index (χ3v) is 6.04. The van der Waals surface area contributed by atoms with E-state index < -0.39 is 0 Å². The molecule has 0 N–H and O–H groups in total. The largest absolute Gasteiger partial charge is 0.419 e. The molecule has 1 saturated carbocycles. The van der Waals surface area contributed by atoms with E-state index in [1.807, 2.05) is 0 Å². The summed E-state index contributed by atoms with van der Waals surface area (Å²) >= 11 is 0. The Hall–Kier alpha value is 0.177. The molecule has 0 unspecified atom stereocenters. The highest BCUT2D eigenvalue weighted by Crippen LogP contribution is 2.30. The molecule has 0 aromatic rings. The molecule has 0 aliphatic heterocycles. The Kier molecular flexibility index (Phi) is 5.17. The molecule has 0 saturated heterocycles. The van der Waals surface area contributed by atoms with Crippen molar-refractivity contribution in [1.82, 2.24) is 0 Å². The lowest BCUT2D eigenvalue weighted by atomic mass is 10.0. The van der Waals surface area contributed by atoms with E-state index in [0.717, 1.165) is 5.54 Å². The van der Waals surface area contributed by atoms with E-state index in [-0.39, 0.29) is 15.4 Å². The van der Waals surface area contributed by atoms with Gasteiger partial charge in [0.25, 0.3) is 0 Å². The van der Waals surface area contributed by atoms with Crippen molar-refractivity contribution in [3.05, 3.63) is 0 Å². The van der Waals surface area contributed by atoms with Crippen molar-refractivity contribution in [2.75, 3.05) is 0 Å². The zero-order chi connectivity index (χ0) is 10.4. The summed E-state index contributed by atoms with van der Waals surface area (Å²) < 4.78 is 6.21. The Bertz CT molecular complexity index is 148. The van der Waals surface area contributed by atoms with E-state index in [1.165, 1.54) is 44.9 Å². The third-order valence-electron chi connectivity index (χ3n) is 3.89. The van der Waals surface area contributed by atoms with Gasteiger partial charge in [0, 0.05) is 0 Å². The molecule has 0 bridgehead atoms. The predicted molar refractivity (Wildman–Crippen MR) is 65.5 cm³/mol. The van der Waals surface area contributed by atoms with Crippen LogP contribution in [0.3, 0.4) is 0 Å². The van der Waals surface area contributed by atoms with Crippen LogP contribution in [-0.2, 0) is 4.43 Å². The summed E-state index contributed by atoms with van der Waals surface area (Å²) in [6, 6.07) is 0. The SMILES string of the molecule is CCC(C)(CC)O[SiH2]C1CCCCC1. The Balaban J connectivity index is 2.23. The van der Waals surface area contributed by atoms with Gasteiger partial charge in [-0.3, -0.25) is 0 Å². The first-order valence-electron chi connectivity index (χ1n) is 6.34. The van der Waals surface area contributed by atoms with Crippen LogP contribution in [0.2, 0.25) is 5.54 Å². The normalized spacial score (nSPS) is 20.8. The van der Waals surface area contributed by atoms with Gasteiger partial charge in [0.05, 0.1) is 5.60 Å². The first-order valence-corrected chi connectivity index (χ1v) is 7.73. The Morgan fingerprint density at radius 2 is 1.71 bits per heavy atom. The topological polar surface area (TPSA) is 9.23 Å². The minimum absolute atomic E-state index is 0.198. The Morgan fingerprint density at radius 3 is 2.21 bits per heavy atom. The fraction of sp³-hybridized carbons (Fsp3) is 1.00. The van der Waals surface area contributed by atoms with Crippen molar-refractivity contribution in [3.8, 4) is 0 Å². The number of hydrogen-bond acceptors (Lipinski definition) is 1. The highest BCUT2D eigenvalue weighted by atomic mass is 28.2. The zero-order valence-corrected chi connectivity index (χ0v) is 11.6. The Labute approximate surface area is 91.6 Å². The first kappa shape index (κ1) is 12.2. The molecule has 2 heteroatoms. The lowest BCUT2D eigenvalue weighted by Crippen LogP contribution is -2.30. The molecule has 1 aliphatic carbocycles. The summed E-state index contributed by atoms with van der Waals surface area (Å²) in [5.41, 5.74) is 1.19. The van der Waals surface area contributed by atoms with Crippen molar-refractivity contribution >= 4 is 9.76 Å². The zero-order valence-electron chi connectivity index (χ0n) is 10.1. The molecule has 0 atom stereocenters. The first-order chi connectivity index (χ1) is 6.70. The van der Waals surface area contributed by atoms with E-state index >= 15 is 0 Å². The smallest absolute Gasteiger partial charge is 0.165 e. The molecule has 0 aromatic heterocycles. The molecule has 1 aliphatic rings. The Morgan fingerprint density at radius 1 is 1.14 bits per heavy atom. The predicted octanol–water partition coefficient (Wildman–Crippen LogP) is 3.42. The van der Waals surface area contributed by atoms with Crippen LogP contribution in [0.25, 0.3) is 0 Å². The second kappa shape index (κ2) is 5.91. The van der Waals surface area contributed by atoms with Gasteiger partial charge in [-0.1, -0.05) is 46.0 Å². The summed E-state index contributed by atoms with van der Waals surface area (Å²) in [6.07, 6.45) is 9.62. The maximum atomic E-state index is 6.21. The molecule has 84 valence electrons. The van der Waals surface area contributed by atoms with Gasteiger partial charge in [0.15, 0.2) is 9.76 Å². The van der Waals surface area contributed by atoms with Gasteiger partial charge in [-0.2, -0.15) is 0 Å². The quantitative estimate of drug-likeness (QED) is 0.637. The van der Waals surface area contributed by atoms with Gasteiger partial charge < -0.3 is 4.43 Å². The molecular formula is C12H26OSi. The molecule has 1 rings (SSSR count). The molecular weight excluding hydrogens is 188 g/mol. The van der Waals surface area contributed by atoms with Crippen LogP contribution in [0.5, 0.6) is 0 Å². The van der Waals surface area contributed by atoms with E-state index in [4.69, 9.17) is 4.43 Å². The highest BCUT2D eigenvalue weighted by molar-refractivity contribution is 6.29. The van der Waals surface area contributed by atoms with Crippen molar-refractivity contribution < 1.29 is 4.43 Å². The number of hydrogen-bond donors (Lipinski definition) is 0. The van der Waals surface area contributed by atoms with Crippen LogP contribution in [0.15, 0.2) is 0 Å². The molecule has 0 spiro atoms. The minimum Gasteiger partial charge on any atom is -0.419 e. The molecule has 1 nitrogen and oxygen atoms in total. The van der Waals surface area contributed by atoms with Crippen LogP contribution in [0.4, 0.5) is 0 Å². The van der Waals surface area contributed by atoms with E-state index in [0.29, 0.717) is 0 Å². The summed E-state index contributed by atoms with van der Waals surface area (Å²) in [5, 5.41) is 0. The lowest BCUT2D eigenvalue weighted by Gasteiger charge is -2.31.